The zero-order valence-corrected chi connectivity index (χ0v) is 15.5. The van der Waals surface area contributed by atoms with E-state index in [1.165, 1.54) is 0 Å². The normalized spacial score (nSPS) is 25.9. The summed E-state index contributed by atoms with van der Waals surface area (Å²) in [4.78, 5) is 28.7. The Morgan fingerprint density at radius 1 is 1.09 bits per heavy atom. The highest BCUT2D eigenvalue weighted by Gasteiger charge is 2.33. The largest absolute Gasteiger partial charge is 0.343 e. The van der Waals surface area contributed by atoms with Crippen LogP contribution in [0.3, 0.4) is 0 Å². The summed E-state index contributed by atoms with van der Waals surface area (Å²) in [6.07, 6.45) is 5.49. The summed E-state index contributed by atoms with van der Waals surface area (Å²) in [5, 5.41) is 0. The van der Waals surface area contributed by atoms with Gasteiger partial charge in [-0.1, -0.05) is 6.42 Å². The molecule has 2 N–H and O–H groups in total. The van der Waals surface area contributed by atoms with E-state index in [2.05, 4.69) is 0 Å². The maximum atomic E-state index is 12.6. The minimum atomic E-state index is 0. The lowest BCUT2D eigenvalue weighted by Crippen LogP contribution is -2.47. The minimum Gasteiger partial charge on any atom is -0.343 e. The van der Waals surface area contributed by atoms with Gasteiger partial charge in [-0.3, -0.25) is 9.59 Å². The third-order valence-corrected chi connectivity index (χ3v) is 5.34. The van der Waals surface area contributed by atoms with Gasteiger partial charge in [0.25, 0.3) is 0 Å². The lowest BCUT2D eigenvalue weighted by Gasteiger charge is -2.37. The predicted molar refractivity (Wildman–Crippen MR) is 94.4 cm³/mol. The maximum Gasteiger partial charge on any atom is 0.225 e. The van der Waals surface area contributed by atoms with Crippen LogP contribution in [-0.2, 0) is 9.59 Å². The molecule has 2 atom stereocenters. The molecule has 23 heavy (non-hydrogen) atoms. The maximum absolute atomic E-state index is 12.6. The Kier molecular flexibility index (Phi) is 7.81. The van der Waals surface area contributed by atoms with Crippen molar-refractivity contribution < 1.29 is 9.59 Å². The van der Waals surface area contributed by atoms with E-state index < -0.39 is 0 Å². The average molecular weight is 346 g/mol. The number of halogens is 1. The molecule has 1 heterocycles. The van der Waals surface area contributed by atoms with Gasteiger partial charge >= 0.3 is 0 Å². The molecule has 1 saturated heterocycles. The first-order valence-electron chi connectivity index (χ1n) is 8.71. The molecular weight excluding hydrogens is 314 g/mol. The van der Waals surface area contributed by atoms with Crippen LogP contribution in [0.15, 0.2) is 0 Å². The van der Waals surface area contributed by atoms with E-state index in [1.807, 2.05) is 30.7 Å². The second-order valence-electron chi connectivity index (χ2n) is 7.27. The molecule has 1 aliphatic carbocycles. The zero-order chi connectivity index (χ0) is 16.3. The molecule has 5 nitrogen and oxygen atoms in total. The van der Waals surface area contributed by atoms with Crippen LogP contribution < -0.4 is 5.73 Å². The van der Waals surface area contributed by atoms with Gasteiger partial charge in [0, 0.05) is 44.1 Å². The molecular formula is C17H32ClN3O2. The van der Waals surface area contributed by atoms with Gasteiger partial charge in [0.1, 0.15) is 0 Å². The highest BCUT2D eigenvalue weighted by molar-refractivity contribution is 5.85. The molecule has 0 aromatic carbocycles. The summed E-state index contributed by atoms with van der Waals surface area (Å²) in [6.45, 7) is 5.49. The Morgan fingerprint density at radius 2 is 1.70 bits per heavy atom. The number of carbonyl (C=O) groups excluding carboxylic acids is 2. The molecule has 2 fully saturated rings. The first kappa shape index (κ1) is 20.2. The van der Waals surface area contributed by atoms with Crippen LogP contribution in [0.25, 0.3) is 0 Å². The molecule has 134 valence electrons. The van der Waals surface area contributed by atoms with Crippen LogP contribution in [0.2, 0.25) is 0 Å². The summed E-state index contributed by atoms with van der Waals surface area (Å²) in [6, 6.07) is 0.414. The van der Waals surface area contributed by atoms with Gasteiger partial charge in [-0.15, -0.1) is 12.4 Å². The van der Waals surface area contributed by atoms with Crippen molar-refractivity contribution in [3.8, 4) is 0 Å². The molecule has 0 aromatic rings. The fourth-order valence-corrected chi connectivity index (χ4v) is 3.60. The third kappa shape index (κ3) is 5.08. The number of rotatable bonds is 3. The van der Waals surface area contributed by atoms with Crippen LogP contribution >= 0.6 is 12.4 Å². The van der Waals surface area contributed by atoms with E-state index in [9.17, 15) is 9.59 Å². The molecule has 0 spiro atoms. The van der Waals surface area contributed by atoms with Crippen molar-refractivity contribution >= 4 is 24.2 Å². The Labute approximate surface area is 146 Å². The number of carbonyl (C=O) groups is 2. The number of piperidine rings is 1. The van der Waals surface area contributed by atoms with Crippen molar-refractivity contribution in [3.05, 3.63) is 0 Å². The SMILES string of the molecule is CC(C)N(C)C(=O)C1CCN(C(=O)C2CCCC(N)C2)CC1.Cl. The fraction of sp³-hybridized carbons (Fsp3) is 0.882. The van der Waals surface area contributed by atoms with E-state index in [4.69, 9.17) is 5.73 Å². The standard InChI is InChI=1S/C17H31N3O2.ClH/c1-12(2)19(3)16(21)13-7-9-20(10-8-13)17(22)14-5-4-6-15(18)11-14;/h12-15H,4-11,18H2,1-3H3;1H. The second-order valence-corrected chi connectivity index (χ2v) is 7.27. The highest BCUT2D eigenvalue weighted by atomic mass is 35.5. The van der Waals surface area contributed by atoms with E-state index >= 15 is 0 Å². The summed E-state index contributed by atoms with van der Waals surface area (Å²) in [5.41, 5.74) is 5.99. The van der Waals surface area contributed by atoms with E-state index in [0.29, 0.717) is 13.1 Å². The van der Waals surface area contributed by atoms with Crippen LogP contribution in [0, 0.1) is 11.8 Å². The average Bonchev–Trinajstić information content (AvgIpc) is 2.52. The Hall–Kier alpha value is -0.810. The summed E-state index contributed by atoms with van der Waals surface area (Å²) < 4.78 is 0. The third-order valence-electron chi connectivity index (χ3n) is 5.34. The van der Waals surface area contributed by atoms with Crippen molar-refractivity contribution in [1.29, 1.82) is 0 Å². The minimum absolute atomic E-state index is 0. The smallest absolute Gasteiger partial charge is 0.225 e. The van der Waals surface area contributed by atoms with Gasteiger partial charge in [-0.25, -0.2) is 0 Å². The number of amides is 2. The van der Waals surface area contributed by atoms with Crippen molar-refractivity contribution in [2.45, 2.75) is 64.5 Å². The van der Waals surface area contributed by atoms with Gasteiger partial charge in [0.05, 0.1) is 0 Å². The summed E-state index contributed by atoms with van der Waals surface area (Å²) in [7, 11) is 1.87. The summed E-state index contributed by atoms with van der Waals surface area (Å²) >= 11 is 0. The molecule has 2 aliphatic rings. The zero-order valence-electron chi connectivity index (χ0n) is 14.7. The van der Waals surface area contributed by atoms with Crippen LogP contribution in [0.4, 0.5) is 0 Å². The molecule has 1 saturated carbocycles. The number of hydrogen-bond acceptors (Lipinski definition) is 3. The first-order chi connectivity index (χ1) is 10.4. The molecule has 1 aliphatic heterocycles. The van der Waals surface area contributed by atoms with Crippen molar-refractivity contribution in [2.75, 3.05) is 20.1 Å². The number of nitrogens with zero attached hydrogens (tertiary/aromatic N) is 2. The Balaban J connectivity index is 0.00000264. The van der Waals surface area contributed by atoms with Crippen LogP contribution in [0.1, 0.15) is 52.4 Å². The molecule has 0 bridgehead atoms. The van der Waals surface area contributed by atoms with Gasteiger partial charge in [-0.05, 0) is 46.0 Å². The lowest BCUT2D eigenvalue weighted by atomic mass is 9.84. The fourth-order valence-electron chi connectivity index (χ4n) is 3.60. The van der Waals surface area contributed by atoms with E-state index in [1.54, 1.807) is 0 Å². The monoisotopic (exact) mass is 345 g/mol. The predicted octanol–water partition coefficient (Wildman–Crippen LogP) is 2.03. The quantitative estimate of drug-likeness (QED) is 0.851. The Morgan fingerprint density at radius 3 is 2.22 bits per heavy atom. The topological polar surface area (TPSA) is 66.6 Å². The van der Waals surface area contributed by atoms with Gasteiger partial charge in [0.15, 0.2) is 0 Å². The molecule has 2 rings (SSSR count). The highest BCUT2D eigenvalue weighted by Crippen LogP contribution is 2.27. The van der Waals surface area contributed by atoms with E-state index in [-0.39, 0.29) is 48.1 Å². The number of likely N-dealkylation sites (tertiary alicyclic amines) is 1. The molecule has 0 aromatic heterocycles. The second kappa shape index (κ2) is 8.88. The van der Waals surface area contributed by atoms with Crippen molar-refractivity contribution in [1.82, 2.24) is 9.80 Å². The van der Waals surface area contributed by atoms with Gasteiger partial charge in [0.2, 0.25) is 11.8 Å². The first-order valence-corrected chi connectivity index (χ1v) is 8.71. The van der Waals surface area contributed by atoms with Crippen molar-refractivity contribution in [3.63, 3.8) is 0 Å². The van der Waals surface area contributed by atoms with Gasteiger partial charge < -0.3 is 15.5 Å². The Bertz CT molecular complexity index is 409. The molecule has 6 heteroatoms. The molecule has 2 unspecified atom stereocenters. The summed E-state index contributed by atoms with van der Waals surface area (Å²) in [5.74, 6) is 0.666. The van der Waals surface area contributed by atoms with Crippen molar-refractivity contribution in [2.24, 2.45) is 17.6 Å². The molecule has 2 amide bonds. The van der Waals surface area contributed by atoms with E-state index in [0.717, 1.165) is 38.5 Å². The van der Waals surface area contributed by atoms with Crippen LogP contribution in [0.5, 0.6) is 0 Å². The van der Waals surface area contributed by atoms with Gasteiger partial charge in [-0.2, -0.15) is 0 Å². The van der Waals surface area contributed by atoms with Crippen LogP contribution in [-0.4, -0.2) is 53.8 Å². The number of nitrogens with two attached hydrogens (primary N) is 1. The number of hydrogen-bond donors (Lipinski definition) is 1. The molecule has 0 radical (unpaired) electrons. The lowest BCUT2D eigenvalue weighted by molar-refractivity contribution is -0.143.